The van der Waals surface area contributed by atoms with E-state index in [-0.39, 0.29) is 13.0 Å². The van der Waals surface area contributed by atoms with Gasteiger partial charge in [0.05, 0.1) is 0 Å². The maximum atomic E-state index is 12.0. The predicted molar refractivity (Wildman–Crippen MR) is 75.6 cm³/mol. The molecule has 0 bridgehead atoms. The lowest BCUT2D eigenvalue weighted by Gasteiger charge is -2.20. The normalized spacial score (nSPS) is 13.3. The number of aliphatic carboxylic acids is 1. The van der Waals surface area contributed by atoms with Crippen molar-refractivity contribution < 1.29 is 24.2 Å². The maximum Gasteiger partial charge on any atom is 0.326 e. The highest BCUT2D eigenvalue weighted by molar-refractivity contribution is 7.98. The first-order chi connectivity index (χ1) is 9.42. The van der Waals surface area contributed by atoms with Gasteiger partial charge in [0.15, 0.2) is 0 Å². The van der Waals surface area contributed by atoms with Gasteiger partial charge in [-0.05, 0) is 18.4 Å². The molecule has 0 saturated heterocycles. The molecule has 0 aliphatic rings. The van der Waals surface area contributed by atoms with Crippen molar-refractivity contribution in [1.29, 1.82) is 0 Å². The topological polar surface area (TPSA) is 131 Å². The highest BCUT2D eigenvalue weighted by Gasteiger charge is 2.25. The van der Waals surface area contributed by atoms with Crippen LogP contribution in [0.25, 0.3) is 0 Å². The summed E-state index contributed by atoms with van der Waals surface area (Å²) in [5.74, 6) is -1.09. The summed E-state index contributed by atoms with van der Waals surface area (Å²) < 4.78 is 4.79. The Kier molecular flexibility index (Phi) is 9.56. The number of carbonyl (C=O) groups is 3. The second kappa shape index (κ2) is 10.3. The smallest absolute Gasteiger partial charge is 0.326 e. The van der Waals surface area contributed by atoms with Crippen molar-refractivity contribution in [3.63, 3.8) is 0 Å². The first kappa shape index (κ1) is 18.5. The predicted octanol–water partition coefficient (Wildman–Crippen LogP) is -0.618. The van der Waals surface area contributed by atoms with Crippen molar-refractivity contribution in [2.24, 2.45) is 5.73 Å². The molecule has 0 aliphatic heterocycles. The molecule has 0 aliphatic carbocycles. The third kappa shape index (κ3) is 7.85. The van der Waals surface area contributed by atoms with Crippen LogP contribution < -0.4 is 16.4 Å². The van der Waals surface area contributed by atoms with Gasteiger partial charge in [0.1, 0.15) is 12.1 Å². The Balaban J connectivity index is 4.59. The Bertz CT molecular complexity index is 340. The van der Waals surface area contributed by atoms with Crippen LogP contribution in [-0.4, -0.2) is 60.8 Å². The van der Waals surface area contributed by atoms with Crippen LogP contribution in [0.2, 0.25) is 0 Å². The van der Waals surface area contributed by atoms with Crippen LogP contribution in [0.1, 0.15) is 12.8 Å². The summed E-state index contributed by atoms with van der Waals surface area (Å²) in [5, 5.41) is 13.7. The molecule has 0 rings (SSSR count). The lowest BCUT2D eigenvalue weighted by Crippen LogP contribution is -2.53. The van der Waals surface area contributed by atoms with E-state index in [9.17, 15) is 14.4 Å². The number of methoxy groups -OCH3 is 1. The minimum Gasteiger partial charge on any atom is -0.480 e. The number of carboxylic acids is 1. The number of nitrogens with two attached hydrogens (primary N) is 1. The molecule has 0 fully saturated rings. The van der Waals surface area contributed by atoms with Gasteiger partial charge in [-0.1, -0.05) is 0 Å². The average molecular weight is 307 g/mol. The van der Waals surface area contributed by atoms with Crippen molar-refractivity contribution in [3.8, 4) is 0 Å². The van der Waals surface area contributed by atoms with Crippen LogP contribution in [0.4, 0.5) is 4.79 Å². The molecule has 0 saturated carbocycles. The number of ether oxygens (including phenoxy) is 1. The van der Waals surface area contributed by atoms with E-state index in [1.807, 2.05) is 6.26 Å². The maximum absolute atomic E-state index is 12.0. The third-order valence-corrected chi connectivity index (χ3v) is 3.11. The van der Waals surface area contributed by atoms with Crippen LogP contribution in [0, 0.1) is 0 Å². The molecular weight excluding hydrogens is 286 g/mol. The number of hydrogen-bond donors (Lipinski definition) is 4. The summed E-state index contributed by atoms with van der Waals surface area (Å²) in [6.07, 6.45) is 2.37. The number of nitrogens with one attached hydrogen (secondary N) is 2. The van der Waals surface area contributed by atoms with Gasteiger partial charge < -0.3 is 26.2 Å². The Morgan fingerprint density at radius 1 is 1.25 bits per heavy atom. The second-order valence-electron chi connectivity index (χ2n) is 4.02. The van der Waals surface area contributed by atoms with Gasteiger partial charge in [-0.3, -0.25) is 4.79 Å². The standard InChI is InChI=1S/C11H21N3O5S/c1-19-5-3-8(10(16)17)13-9(15)7(4-6-20-2)14-11(12)18/h7-8H,3-6H2,1-2H3,(H,13,15)(H,16,17)(H3,12,14,18). The van der Waals surface area contributed by atoms with Crippen molar-refractivity contribution in [3.05, 3.63) is 0 Å². The molecule has 116 valence electrons. The number of urea groups is 1. The third-order valence-electron chi connectivity index (χ3n) is 2.47. The zero-order valence-corrected chi connectivity index (χ0v) is 12.4. The van der Waals surface area contributed by atoms with Crippen molar-refractivity contribution in [2.75, 3.05) is 25.7 Å². The number of carbonyl (C=O) groups excluding carboxylic acids is 2. The van der Waals surface area contributed by atoms with Crippen LogP contribution >= 0.6 is 11.8 Å². The lowest BCUT2D eigenvalue weighted by molar-refractivity contribution is -0.142. The number of carboxylic acid groups (broad SMARTS) is 1. The van der Waals surface area contributed by atoms with Crippen LogP contribution in [-0.2, 0) is 14.3 Å². The van der Waals surface area contributed by atoms with E-state index in [4.69, 9.17) is 15.6 Å². The van der Waals surface area contributed by atoms with Crippen LogP contribution in [0.5, 0.6) is 0 Å². The molecule has 2 unspecified atom stereocenters. The molecular formula is C11H21N3O5S. The molecule has 0 aromatic heterocycles. The van der Waals surface area contributed by atoms with Crippen LogP contribution in [0.3, 0.4) is 0 Å². The molecule has 0 radical (unpaired) electrons. The molecule has 0 heterocycles. The Labute approximate surface area is 121 Å². The Morgan fingerprint density at radius 2 is 1.90 bits per heavy atom. The fraction of sp³-hybridized carbons (Fsp3) is 0.727. The summed E-state index contributed by atoms with van der Waals surface area (Å²) in [7, 11) is 1.44. The van der Waals surface area contributed by atoms with Gasteiger partial charge in [-0.2, -0.15) is 11.8 Å². The fourth-order valence-electron chi connectivity index (χ4n) is 1.44. The summed E-state index contributed by atoms with van der Waals surface area (Å²) in [4.78, 5) is 33.8. The largest absolute Gasteiger partial charge is 0.480 e. The highest BCUT2D eigenvalue weighted by Crippen LogP contribution is 2.02. The van der Waals surface area contributed by atoms with Crippen molar-refractivity contribution in [2.45, 2.75) is 24.9 Å². The zero-order chi connectivity index (χ0) is 15.5. The molecule has 5 N–H and O–H groups in total. The summed E-state index contributed by atoms with van der Waals surface area (Å²) >= 11 is 1.51. The van der Waals surface area contributed by atoms with E-state index in [1.165, 1.54) is 18.9 Å². The molecule has 0 aromatic carbocycles. The fourth-order valence-corrected chi connectivity index (χ4v) is 1.91. The van der Waals surface area contributed by atoms with E-state index in [1.54, 1.807) is 0 Å². The van der Waals surface area contributed by atoms with Gasteiger partial charge in [0, 0.05) is 20.1 Å². The molecule has 9 heteroatoms. The molecule has 0 spiro atoms. The number of primary amides is 1. The van der Waals surface area contributed by atoms with Gasteiger partial charge in [-0.15, -0.1) is 0 Å². The molecule has 8 nitrogen and oxygen atoms in total. The van der Waals surface area contributed by atoms with Gasteiger partial charge in [-0.25, -0.2) is 9.59 Å². The number of rotatable bonds is 10. The lowest BCUT2D eigenvalue weighted by atomic mass is 10.1. The minimum atomic E-state index is -1.15. The number of thioether (sulfide) groups is 1. The van der Waals surface area contributed by atoms with E-state index in [2.05, 4.69) is 10.6 Å². The molecule has 20 heavy (non-hydrogen) atoms. The van der Waals surface area contributed by atoms with E-state index >= 15 is 0 Å². The summed E-state index contributed by atoms with van der Waals surface area (Å²) in [6, 6.07) is -2.73. The quantitative estimate of drug-likeness (QED) is 0.425. The van der Waals surface area contributed by atoms with Gasteiger partial charge >= 0.3 is 12.0 Å². The second-order valence-corrected chi connectivity index (χ2v) is 5.01. The average Bonchev–Trinajstić information content (AvgIpc) is 2.38. The number of amides is 3. The van der Waals surface area contributed by atoms with E-state index < -0.39 is 30.0 Å². The van der Waals surface area contributed by atoms with E-state index in [0.29, 0.717) is 12.2 Å². The summed E-state index contributed by atoms with van der Waals surface area (Å²) in [6.45, 7) is 0.204. The Hall–Kier alpha value is -1.48. The molecule has 3 amide bonds. The minimum absolute atomic E-state index is 0.142. The van der Waals surface area contributed by atoms with Crippen LogP contribution in [0.15, 0.2) is 0 Å². The first-order valence-corrected chi connectivity index (χ1v) is 7.38. The first-order valence-electron chi connectivity index (χ1n) is 5.99. The molecule has 2 atom stereocenters. The SMILES string of the molecule is COCCC(NC(=O)C(CCSC)NC(N)=O)C(=O)O. The van der Waals surface area contributed by atoms with Crippen molar-refractivity contribution in [1.82, 2.24) is 10.6 Å². The van der Waals surface area contributed by atoms with Gasteiger partial charge in [0.2, 0.25) is 5.91 Å². The Morgan fingerprint density at radius 3 is 2.35 bits per heavy atom. The monoisotopic (exact) mass is 307 g/mol. The number of hydrogen-bond acceptors (Lipinski definition) is 5. The zero-order valence-electron chi connectivity index (χ0n) is 11.5. The van der Waals surface area contributed by atoms with Crippen molar-refractivity contribution >= 4 is 29.7 Å². The van der Waals surface area contributed by atoms with Gasteiger partial charge in [0.25, 0.3) is 0 Å². The highest BCUT2D eigenvalue weighted by atomic mass is 32.2. The van der Waals surface area contributed by atoms with E-state index in [0.717, 1.165) is 0 Å². The molecule has 0 aromatic rings. The summed E-state index contributed by atoms with van der Waals surface area (Å²) in [5.41, 5.74) is 5.00.